The van der Waals surface area contributed by atoms with Crippen LogP contribution in [0.4, 0.5) is 0 Å². The number of hydrogen-bond donors (Lipinski definition) is 3. The molecule has 1 aliphatic heterocycles. The number of sulfonamides is 1. The van der Waals surface area contributed by atoms with Crippen LogP contribution in [0.1, 0.15) is 5.56 Å². The maximum atomic E-state index is 12.1. The second-order valence-corrected chi connectivity index (χ2v) is 6.27. The Morgan fingerprint density at radius 1 is 1.30 bits per heavy atom. The van der Waals surface area contributed by atoms with Gasteiger partial charge in [0.15, 0.2) is 6.10 Å². The van der Waals surface area contributed by atoms with Crippen LogP contribution < -0.4 is 4.72 Å². The fourth-order valence-electron chi connectivity index (χ4n) is 1.86. The van der Waals surface area contributed by atoms with Gasteiger partial charge in [-0.2, -0.15) is 4.72 Å². The quantitative estimate of drug-likeness (QED) is 0.610. The lowest BCUT2D eigenvalue weighted by Crippen LogP contribution is -2.46. The van der Waals surface area contributed by atoms with Crippen LogP contribution in [0.5, 0.6) is 0 Å². The molecule has 2 rings (SSSR count). The van der Waals surface area contributed by atoms with Gasteiger partial charge in [0.1, 0.15) is 12.1 Å². The van der Waals surface area contributed by atoms with Crippen LogP contribution in [0.15, 0.2) is 29.2 Å². The number of rotatable bonds is 4. The van der Waals surface area contributed by atoms with Gasteiger partial charge in [0.2, 0.25) is 10.0 Å². The molecule has 110 valence electrons. The van der Waals surface area contributed by atoms with Crippen molar-refractivity contribution in [3.05, 3.63) is 29.8 Å². The van der Waals surface area contributed by atoms with Gasteiger partial charge in [-0.3, -0.25) is 4.79 Å². The molecule has 0 radical (unpaired) electrons. The summed E-state index contributed by atoms with van der Waals surface area (Å²) < 4.78 is 30.9. The van der Waals surface area contributed by atoms with Crippen LogP contribution >= 0.6 is 0 Å². The minimum Gasteiger partial charge on any atom is -0.456 e. The van der Waals surface area contributed by atoms with Crippen molar-refractivity contribution < 1.29 is 28.2 Å². The lowest BCUT2D eigenvalue weighted by molar-refractivity contribution is -0.144. The highest BCUT2D eigenvalue weighted by Gasteiger charge is 2.45. The Hall–Kier alpha value is -1.48. The summed E-state index contributed by atoms with van der Waals surface area (Å²) in [5.74, 6) is -0.910. The first kappa shape index (κ1) is 14.9. The first-order valence-corrected chi connectivity index (χ1v) is 7.42. The highest BCUT2D eigenvalue weighted by molar-refractivity contribution is 7.89. The van der Waals surface area contributed by atoms with Crippen molar-refractivity contribution in [2.45, 2.75) is 30.1 Å². The Bertz CT molecular complexity index is 597. The molecule has 1 aliphatic rings. The molecule has 3 N–H and O–H groups in total. The van der Waals surface area contributed by atoms with E-state index in [2.05, 4.69) is 9.46 Å². The molecule has 0 aromatic heterocycles. The van der Waals surface area contributed by atoms with Crippen molar-refractivity contribution in [2.24, 2.45) is 0 Å². The molecule has 7 nitrogen and oxygen atoms in total. The Morgan fingerprint density at radius 2 is 1.90 bits per heavy atom. The fraction of sp³-hybridized carbons (Fsp3) is 0.417. The number of aryl methyl sites for hydroxylation is 1. The minimum absolute atomic E-state index is 0.0180. The minimum atomic E-state index is -3.95. The van der Waals surface area contributed by atoms with E-state index < -0.39 is 40.8 Å². The van der Waals surface area contributed by atoms with E-state index in [1.54, 1.807) is 12.1 Å². The van der Waals surface area contributed by atoms with Crippen molar-refractivity contribution in [3.63, 3.8) is 0 Å². The molecular weight excluding hydrogens is 286 g/mol. The Labute approximate surface area is 116 Å². The fourth-order valence-corrected chi connectivity index (χ4v) is 3.06. The first-order valence-electron chi connectivity index (χ1n) is 5.93. The van der Waals surface area contributed by atoms with Crippen LogP contribution in [0, 0.1) is 6.92 Å². The molecule has 0 aliphatic carbocycles. The van der Waals surface area contributed by atoms with Gasteiger partial charge in [0.05, 0.1) is 11.5 Å². The topological polar surface area (TPSA) is 113 Å². The predicted molar refractivity (Wildman–Crippen MR) is 68.3 cm³/mol. The summed E-state index contributed by atoms with van der Waals surface area (Å²) in [6, 6.07) is 4.61. The Balaban J connectivity index is 2.20. The van der Waals surface area contributed by atoms with Gasteiger partial charge in [-0.05, 0) is 19.1 Å². The van der Waals surface area contributed by atoms with Gasteiger partial charge in [-0.15, -0.1) is 0 Å². The van der Waals surface area contributed by atoms with Crippen LogP contribution in [0.2, 0.25) is 0 Å². The third-order valence-corrected chi connectivity index (χ3v) is 4.49. The van der Waals surface area contributed by atoms with E-state index in [0.29, 0.717) is 0 Å². The van der Waals surface area contributed by atoms with Crippen LogP contribution in [0.25, 0.3) is 0 Å². The highest BCUT2D eigenvalue weighted by atomic mass is 32.2. The third kappa shape index (κ3) is 2.83. The molecular formula is C12H15NO6S. The molecule has 0 bridgehead atoms. The molecule has 1 aromatic carbocycles. The van der Waals surface area contributed by atoms with Crippen molar-refractivity contribution in [1.29, 1.82) is 0 Å². The summed E-state index contributed by atoms with van der Waals surface area (Å²) in [6.45, 7) is 1.24. The zero-order chi connectivity index (χ0) is 14.9. The summed E-state index contributed by atoms with van der Waals surface area (Å²) in [5.41, 5.74) is 0.893. The number of cyclic esters (lactones) is 1. The molecule has 0 spiro atoms. The molecule has 3 atom stereocenters. The smallest absolute Gasteiger partial charge is 0.327 e. The number of carbonyl (C=O) groups excluding carboxylic acids is 1. The normalized spacial score (nSPS) is 26.6. The maximum absolute atomic E-state index is 12.1. The van der Waals surface area contributed by atoms with E-state index in [0.717, 1.165) is 5.56 Å². The first-order chi connectivity index (χ1) is 9.35. The van der Waals surface area contributed by atoms with Gasteiger partial charge in [-0.25, -0.2) is 8.42 Å². The number of benzene rings is 1. The van der Waals surface area contributed by atoms with E-state index >= 15 is 0 Å². The van der Waals surface area contributed by atoms with Crippen LogP contribution in [-0.4, -0.2) is 49.5 Å². The van der Waals surface area contributed by atoms with Crippen molar-refractivity contribution in [2.75, 3.05) is 6.61 Å². The largest absolute Gasteiger partial charge is 0.456 e. The predicted octanol–water partition coefficient (Wildman–Crippen LogP) is -1.08. The van der Waals surface area contributed by atoms with E-state index in [-0.39, 0.29) is 4.90 Å². The standard InChI is InChI=1S/C12H15NO6S/c1-7-2-4-8(5-3-7)20(17,18)13-10-11(15)9(6-14)19-12(10)16/h2-5,9-11,13-15H,6H2,1H3/t9-,10-,11+/m1/s1. The molecule has 8 heteroatoms. The molecule has 0 unspecified atom stereocenters. The molecule has 1 heterocycles. The average molecular weight is 301 g/mol. The summed E-state index contributed by atoms with van der Waals surface area (Å²) in [7, 11) is -3.95. The molecule has 1 fully saturated rings. The van der Waals surface area contributed by atoms with Gasteiger partial charge in [0.25, 0.3) is 0 Å². The Kier molecular flexibility index (Phi) is 4.09. The zero-order valence-electron chi connectivity index (χ0n) is 10.7. The molecule has 1 saturated heterocycles. The highest BCUT2D eigenvalue weighted by Crippen LogP contribution is 2.18. The molecule has 0 saturated carbocycles. The van der Waals surface area contributed by atoms with Crippen LogP contribution in [-0.2, 0) is 19.6 Å². The van der Waals surface area contributed by atoms with Crippen LogP contribution in [0.3, 0.4) is 0 Å². The molecule has 1 aromatic rings. The van der Waals surface area contributed by atoms with Crippen molar-refractivity contribution in [3.8, 4) is 0 Å². The summed E-state index contributed by atoms with van der Waals surface area (Å²) in [5, 5.41) is 18.6. The lowest BCUT2D eigenvalue weighted by atomic mass is 10.1. The number of esters is 1. The van der Waals surface area contributed by atoms with Gasteiger partial charge < -0.3 is 14.9 Å². The molecule has 20 heavy (non-hydrogen) atoms. The van der Waals surface area contributed by atoms with E-state index in [9.17, 15) is 18.3 Å². The summed E-state index contributed by atoms with van der Waals surface area (Å²) in [4.78, 5) is 11.5. The second kappa shape index (κ2) is 5.49. The van der Waals surface area contributed by atoms with E-state index in [4.69, 9.17) is 5.11 Å². The third-order valence-electron chi connectivity index (χ3n) is 3.04. The monoisotopic (exact) mass is 301 g/mol. The number of aliphatic hydroxyl groups excluding tert-OH is 2. The van der Waals surface area contributed by atoms with Crippen molar-refractivity contribution >= 4 is 16.0 Å². The maximum Gasteiger partial charge on any atom is 0.327 e. The number of aliphatic hydroxyl groups is 2. The number of nitrogens with one attached hydrogen (secondary N) is 1. The summed E-state index contributed by atoms with van der Waals surface area (Å²) >= 11 is 0. The van der Waals surface area contributed by atoms with Gasteiger partial charge in [-0.1, -0.05) is 17.7 Å². The molecule has 0 amide bonds. The zero-order valence-corrected chi connectivity index (χ0v) is 11.5. The van der Waals surface area contributed by atoms with E-state index in [1.807, 2.05) is 6.92 Å². The van der Waals surface area contributed by atoms with Gasteiger partial charge in [0, 0.05) is 0 Å². The average Bonchev–Trinajstić information content (AvgIpc) is 2.66. The second-order valence-electron chi connectivity index (χ2n) is 4.56. The van der Waals surface area contributed by atoms with E-state index in [1.165, 1.54) is 12.1 Å². The van der Waals surface area contributed by atoms with Gasteiger partial charge >= 0.3 is 5.97 Å². The number of ether oxygens (including phenoxy) is 1. The van der Waals surface area contributed by atoms with Crippen molar-refractivity contribution in [1.82, 2.24) is 4.72 Å². The number of hydrogen-bond acceptors (Lipinski definition) is 6. The SMILES string of the molecule is Cc1ccc(S(=O)(=O)N[C@H]2C(=O)O[C@H](CO)[C@@H]2O)cc1. The summed E-state index contributed by atoms with van der Waals surface area (Å²) in [6.07, 6.45) is -2.54. The Morgan fingerprint density at radius 3 is 2.40 bits per heavy atom. The number of carbonyl (C=O) groups is 1. The lowest BCUT2D eigenvalue weighted by Gasteiger charge is -2.15.